The summed E-state index contributed by atoms with van der Waals surface area (Å²) in [5, 5.41) is 0. The second-order valence-corrected chi connectivity index (χ2v) is 4.66. The quantitative estimate of drug-likeness (QED) is 0.734. The summed E-state index contributed by atoms with van der Waals surface area (Å²) in [6.45, 7) is 5.30. The molecule has 0 bridgehead atoms. The van der Waals surface area contributed by atoms with Gasteiger partial charge in [-0.3, -0.25) is 0 Å². The van der Waals surface area contributed by atoms with Gasteiger partial charge in [0, 0.05) is 19.7 Å². The molecule has 0 saturated carbocycles. The van der Waals surface area contributed by atoms with Crippen LogP contribution in [0.1, 0.15) is 32.1 Å². The fourth-order valence-corrected chi connectivity index (χ4v) is 2.67. The Bertz CT molecular complexity index is 178. The van der Waals surface area contributed by atoms with Crippen LogP contribution < -0.4 is 5.73 Å². The molecule has 1 atom stereocenters. The Hall–Kier alpha value is -0.120. The molecule has 1 spiro atoms. The van der Waals surface area contributed by atoms with Crippen LogP contribution >= 0.6 is 0 Å². The van der Waals surface area contributed by atoms with Crippen molar-refractivity contribution in [2.24, 2.45) is 5.73 Å². The lowest BCUT2D eigenvalue weighted by atomic mass is 9.93. The second kappa shape index (κ2) is 4.60. The van der Waals surface area contributed by atoms with Crippen molar-refractivity contribution in [1.29, 1.82) is 0 Å². The van der Waals surface area contributed by atoms with E-state index in [1.807, 2.05) is 0 Å². The van der Waals surface area contributed by atoms with Crippen molar-refractivity contribution in [3.05, 3.63) is 0 Å². The third kappa shape index (κ3) is 2.27. The van der Waals surface area contributed by atoms with Crippen molar-refractivity contribution in [2.45, 2.75) is 37.7 Å². The largest absolute Gasteiger partial charge is 0.374 e. The van der Waals surface area contributed by atoms with Crippen molar-refractivity contribution in [2.75, 3.05) is 32.8 Å². The van der Waals surface area contributed by atoms with Gasteiger partial charge in [-0.2, -0.15) is 0 Å². The Kier molecular flexibility index (Phi) is 3.42. The number of rotatable bonds is 3. The SMILES string of the molecule is NCCCN1CC[C@@]2(CCCCO2)C1. The van der Waals surface area contributed by atoms with E-state index >= 15 is 0 Å². The zero-order chi connectivity index (χ0) is 9.86. The molecule has 0 aliphatic carbocycles. The Balaban J connectivity index is 1.80. The molecule has 0 aromatic rings. The lowest BCUT2D eigenvalue weighted by Crippen LogP contribution is -2.39. The fraction of sp³-hybridized carbons (Fsp3) is 1.00. The van der Waals surface area contributed by atoms with Gasteiger partial charge in [0.2, 0.25) is 0 Å². The first-order chi connectivity index (χ1) is 6.85. The minimum Gasteiger partial charge on any atom is -0.374 e. The van der Waals surface area contributed by atoms with Crippen LogP contribution in [-0.2, 0) is 4.74 Å². The van der Waals surface area contributed by atoms with Crippen LogP contribution in [0.5, 0.6) is 0 Å². The van der Waals surface area contributed by atoms with Gasteiger partial charge in [-0.05, 0) is 45.2 Å². The molecule has 0 aromatic carbocycles. The molecule has 3 nitrogen and oxygen atoms in total. The predicted molar refractivity (Wildman–Crippen MR) is 57.3 cm³/mol. The van der Waals surface area contributed by atoms with Crippen LogP contribution in [0.2, 0.25) is 0 Å². The fourth-order valence-electron chi connectivity index (χ4n) is 2.67. The van der Waals surface area contributed by atoms with Gasteiger partial charge in [0.15, 0.2) is 0 Å². The first-order valence-electron chi connectivity index (χ1n) is 5.91. The number of likely N-dealkylation sites (tertiary alicyclic amines) is 1. The standard InChI is InChI=1S/C11H22N2O/c12-6-3-7-13-8-5-11(10-13)4-1-2-9-14-11/h1-10,12H2/t11-/m0/s1. The summed E-state index contributed by atoms with van der Waals surface area (Å²) >= 11 is 0. The van der Waals surface area contributed by atoms with Crippen LogP contribution in [0.25, 0.3) is 0 Å². The number of hydrogen-bond donors (Lipinski definition) is 1. The molecule has 2 rings (SSSR count). The summed E-state index contributed by atoms with van der Waals surface area (Å²) < 4.78 is 5.96. The lowest BCUT2D eigenvalue weighted by Gasteiger charge is -2.33. The van der Waals surface area contributed by atoms with E-state index in [2.05, 4.69) is 4.90 Å². The highest BCUT2D eigenvalue weighted by Gasteiger charge is 2.39. The van der Waals surface area contributed by atoms with Crippen LogP contribution in [0.3, 0.4) is 0 Å². The normalized spacial score (nSPS) is 34.1. The molecule has 2 N–H and O–H groups in total. The second-order valence-electron chi connectivity index (χ2n) is 4.66. The molecule has 14 heavy (non-hydrogen) atoms. The molecule has 2 aliphatic rings. The van der Waals surface area contributed by atoms with Gasteiger partial charge in [-0.15, -0.1) is 0 Å². The van der Waals surface area contributed by atoms with E-state index in [0.717, 1.165) is 32.7 Å². The van der Waals surface area contributed by atoms with Crippen molar-refractivity contribution in [3.8, 4) is 0 Å². The Morgan fingerprint density at radius 1 is 1.29 bits per heavy atom. The molecule has 82 valence electrons. The van der Waals surface area contributed by atoms with E-state index in [1.165, 1.54) is 32.2 Å². The van der Waals surface area contributed by atoms with Gasteiger partial charge in [-0.25, -0.2) is 0 Å². The van der Waals surface area contributed by atoms with E-state index in [9.17, 15) is 0 Å². The summed E-state index contributed by atoms with van der Waals surface area (Å²) in [7, 11) is 0. The summed E-state index contributed by atoms with van der Waals surface area (Å²) in [6.07, 6.45) is 6.23. The van der Waals surface area contributed by atoms with Crippen LogP contribution in [0.4, 0.5) is 0 Å². The average Bonchev–Trinajstić information content (AvgIpc) is 2.60. The highest BCUT2D eigenvalue weighted by Crippen LogP contribution is 2.33. The molecule has 2 heterocycles. The molecule has 0 aromatic heterocycles. The molecular formula is C11H22N2O. The molecule has 0 radical (unpaired) electrons. The maximum absolute atomic E-state index is 5.96. The minimum absolute atomic E-state index is 0.229. The zero-order valence-corrected chi connectivity index (χ0v) is 9.00. The van der Waals surface area contributed by atoms with E-state index in [-0.39, 0.29) is 5.60 Å². The summed E-state index contributed by atoms with van der Waals surface area (Å²) in [6, 6.07) is 0. The molecule has 2 fully saturated rings. The lowest BCUT2D eigenvalue weighted by molar-refractivity contribution is -0.0695. The van der Waals surface area contributed by atoms with Crippen molar-refractivity contribution >= 4 is 0 Å². The number of nitrogens with zero attached hydrogens (tertiary/aromatic N) is 1. The number of nitrogens with two attached hydrogens (primary N) is 1. The monoisotopic (exact) mass is 198 g/mol. The molecule has 3 heteroatoms. The first-order valence-corrected chi connectivity index (χ1v) is 5.91. The topological polar surface area (TPSA) is 38.5 Å². The van der Waals surface area contributed by atoms with Crippen LogP contribution in [0, 0.1) is 0 Å². The van der Waals surface area contributed by atoms with Crippen LogP contribution in [0.15, 0.2) is 0 Å². The number of ether oxygens (including phenoxy) is 1. The van der Waals surface area contributed by atoms with Crippen molar-refractivity contribution in [3.63, 3.8) is 0 Å². The summed E-state index contributed by atoms with van der Waals surface area (Å²) in [4.78, 5) is 2.51. The maximum atomic E-state index is 5.96. The zero-order valence-electron chi connectivity index (χ0n) is 9.00. The third-order valence-corrected chi connectivity index (χ3v) is 3.51. The molecular weight excluding hydrogens is 176 g/mol. The van der Waals surface area contributed by atoms with E-state index < -0.39 is 0 Å². The summed E-state index contributed by atoms with van der Waals surface area (Å²) in [5.41, 5.74) is 5.75. The van der Waals surface area contributed by atoms with Gasteiger partial charge >= 0.3 is 0 Å². The van der Waals surface area contributed by atoms with Gasteiger partial charge in [-0.1, -0.05) is 0 Å². The van der Waals surface area contributed by atoms with Crippen molar-refractivity contribution < 1.29 is 4.74 Å². The Morgan fingerprint density at radius 3 is 2.93 bits per heavy atom. The van der Waals surface area contributed by atoms with E-state index in [1.54, 1.807) is 0 Å². The van der Waals surface area contributed by atoms with Gasteiger partial charge in [0.05, 0.1) is 5.60 Å². The van der Waals surface area contributed by atoms with Crippen LogP contribution in [-0.4, -0.2) is 43.3 Å². The smallest absolute Gasteiger partial charge is 0.0820 e. The highest BCUT2D eigenvalue weighted by molar-refractivity contribution is 4.93. The Morgan fingerprint density at radius 2 is 2.21 bits per heavy atom. The van der Waals surface area contributed by atoms with Crippen molar-refractivity contribution in [1.82, 2.24) is 4.90 Å². The summed E-state index contributed by atoms with van der Waals surface area (Å²) in [5.74, 6) is 0. The molecule has 0 amide bonds. The first kappa shape index (κ1) is 10.4. The minimum atomic E-state index is 0.229. The average molecular weight is 198 g/mol. The molecule has 0 unspecified atom stereocenters. The molecule has 2 aliphatic heterocycles. The maximum Gasteiger partial charge on any atom is 0.0820 e. The Labute approximate surface area is 86.6 Å². The molecule has 2 saturated heterocycles. The number of hydrogen-bond acceptors (Lipinski definition) is 3. The van der Waals surface area contributed by atoms with Gasteiger partial charge in [0.25, 0.3) is 0 Å². The van der Waals surface area contributed by atoms with E-state index in [4.69, 9.17) is 10.5 Å². The predicted octanol–water partition coefficient (Wildman–Crippen LogP) is 0.980. The van der Waals surface area contributed by atoms with Gasteiger partial charge in [0.1, 0.15) is 0 Å². The van der Waals surface area contributed by atoms with E-state index in [0.29, 0.717) is 0 Å². The van der Waals surface area contributed by atoms with Gasteiger partial charge < -0.3 is 15.4 Å². The highest BCUT2D eigenvalue weighted by atomic mass is 16.5. The third-order valence-electron chi connectivity index (χ3n) is 3.51.